The molecule has 0 bridgehead atoms. The number of hydrogen-bond acceptors (Lipinski definition) is 3. The van der Waals surface area contributed by atoms with E-state index < -0.39 is 5.82 Å². The lowest BCUT2D eigenvalue weighted by Gasteiger charge is -2.11. The zero-order valence-electron chi connectivity index (χ0n) is 11.9. The molecule has 0 unspecified atom stereocenters. The molecule has 0 aromatic heterocycles. The first-order valence-electron chi connectivity index (χ1n) is 6.56. The van der Waals surface area contributed by atoms with E-state index in [2.05, 4.69) is 19.0 Å². The summed E-state index contributed by atoms with van der Waals surface area (Å²) in [4.78, 5) is 0. The van der Waals surface area contributed by atoms with Crippen molar-refractivity contribution in [2.45, 2.75) is 19.8 Å². The Bertz CT molecular complexity index is 652. The minimum atomic E-state index is -0.487. The van der Waals surface area contributed by atoms with Crippen LogP contribution in [-0.2, 0) is 0 Å². The number of nitrogens with two attached hydrogens (primary N) is 1. The van der Waals surface area contributed by atoms with Gasteiger partial charge in [0.15, 0.2) is 5.84 Å². The molecule has 0 aliphatic carbocycles. The maximum absolute atomic E-state index is 13.3. The SMILES string of the molecule is CC(C)c1ccc(Oc2ccc(F)cc2C(N)=NO)cc1. The Morgan fingerprint density at radius 1 is 1.19 bits per heavy atom. The lowest BCUT2D eigenvalue weighted by atomic mass is 10.0. The third-order valence-electron chi connectivity index (χ3n) is 3.10. The number of halogens is 1. The van der Waals surface area contributed by atoms with Gasteiger partial charge in [0.1, 0.15) is 17.3 Å². The first kappa shape index (κ1) is 14.8. The van der Waals surface area contributed by atoms with Crippen LogP contribution in [0.3, 0.4) is 0 Å². The summed E-state index contributed by atoms with van der Waals surface area (Å²) in [6.45, 7) is 4.21. The first-order valence-corrected chi connectivity index (χ1v) is 6.56. The molecule has 0 atom stereocenters. The molecule has 0 fully saturated rings. The van der Waals surface area contributed by atoms with Crippen molar-refractivity contribution in [1.82, 2.24) is 0 Å². The Morgan fingerprint density at radius 2 is 1.86 bits per heavy atom. The van der Waals surface area contributed by atoms with Gasteiger partial charge in [0, 0.05) is 0 Å². The molecule has 0 spiro atoms. The highest BCUT2D eigenvalue weighted by Crippen LogP contribution is 2.27. The van der Waals surface area contributed by atoms with E-state index in [0.29, 0.717) is 17.4 Å². The minimum absolute atomic E-state index is 0.199. The van der Waals surface area contributed by atoms with Gasteiger partial charge in [0.2, 0.25) is 0 Å². The predicted molar refractivity (Wildman–Crippen MR) is 79.5 cm³/mol. The molecular formula is C16H17FN2O2. The molecule has 21 heavy (non-hydrogen) atoms. The van der Waals surface area contributed by atoms with E-state index in [4.69, 9.17) is 15.7 Å². The largest absolute Gasteiger partial charge is 0.457 e. The van der Waals surface area contributed by atoms with Crippen molar-refractivity contribution < 1.29 is 14.3 Å². The van der Waals surface area contributed by atoms with Crippen LogP contribution in [0, 0.1) is 5.82 Å². The second-order valence-corrected chi connectivity index (χ2v) is 4.95. The van der Waals surface area contributed by atoms with Crippen LogP contribution in [0.1, 0.15) is 30.9 Å². The zero-order valence-corrected chi connectivity index (χ0v) is 11.9. The maximum atomic E-state index is 13.3. The van der Waals surface area contributed by atoms with Crippen molar-refractivity contribution in [3.05, 3.63) is 59.4 Å². The zero-order chi connectivity index (χ0) is 15.4. The molecule has 2 aromatic carbocycles. The van der Waals surface area contributed by atoms with E-state index in [9.17, 15) is 4.39 Å². The summed E-state index contributed by atoms with van der Waals surface area (Å²) >= 11 is 0. The van der Waals surface area contributed by atoms with Crippen molar-refractivity contribution in [3.8, 4) is 11.5 Å². The standard InChI is InChI=1S/C16H17FN2O2/c1-10(2)11-3-6-13(7-4-11)21-15-8-5-12(17)9-14(15)16(18)19-20/h3-10,20H,1-2H3,(H2,18,19). The second kappa shape index (κ2) is 6.26. The molecule has 0 amide bonds. The third kappa shape index (κ3) is 3.51. The average Bonchev–Trinajstić information content (AvgIpc) is 2.48. The predicted octanol–water partition coefficient (Wildman–Crippen LogP) is 3.84. The molecule has 0 aliphatic heterocycles. The van der Waals surface area contributed by atoms with E-state index in [-0.39, 0.29) is 11.4 Å². The van der Waals surface area contributed by atoms with Gasteiger partial charge >= 0.3 is 0 Å². The summed E-state index contributed by atoms with van der Waals surface area (Å²) in [6.07, 6.45) is 0. The molecule has 0 radical (unpaired) electrons. The molecule has 2 aromatic rings. The molecule has 4 nitrogen and oxygen atoms in total. The number of oxime groups is 1. The van der Waals surface area contributed by atoms with Gasteiger partial charge in [-0.1, -0.05) is 31.1 Å². The van der Waals surface area contributed by atoms with E-state index in [1.54, 1.807) is 0 Å². The van der Waals surface area contributed by atoms with Crippen molar-refractivity contribution in [2.75, 3.05) is 0 Å². The fourth-order valence-electron chi connectivity index (χ4n) is 1.89. The van der Waals surface area contributed by atoms with E-state index in [1.165, 1.54) is 17.7 Å². The number of rotatable bonds is 4. The van der Waals surface area contributed by atoms with Crippen LogP contribution in [0.15, 0.2) is 47.6 Å². The van der Waals surface area contributed by atoms with Crippen molar-refractivity contribution in [2.24, 2.45) is 10.9 Å². The van der Waals surface area contributed by atoms with Crippen molar-refractivity contribution >= 4 is 5.84 Å². The Kier molecular flexibility index (Phi) is 4.42. The second-order valence-electron chi connectivity index (χ2n) is 4.95. The van der Waals surface area contributed by atoms with Gasteiger partial charge in [0.25, 0.3) is 0 Å². The Balaban J connectivity index is 2.31. The van der Waals surface area contributed by atoms with Crippen LogP contribution in [0.4, 0.5) is 4.39 Å². The van der Waals surface area contributed by atoms with Crippen molar-refractivity contribution in [1.29, 1.82) is 0 Å². The lowest BCUT2D eigenvalue weighted by Crippen LogP contribution is -2.14. The fraction of sp³-hybridized carbons (Fsp3) is 0.188. The molecule has 110 valence electrons. The first-order chi connectivity index (χ1) is 10.0. The highest BCUT2D eigenvalue weighted by molar-refractivity contribution is 5.99. The minimum Gasteiger partial charge on any atom is -0.457 e. The van der Waals surface area contributed by atoms with E-state index >= 15 is 0 Å². The number of nitrogens with zero attached hydrogens (tertiary/aromatic N) is 1. The van der Waals surface area contributed by atoms with Gasteiger partial charge in [0.05, 0.1) is 5.56 Å². The van der Waals surface area contributed by atoms with E-state index in [0.717, 1.165) is 6.07 Å². The topological polar surface area (TPSA) is 67.8 Å². The highest BCUT2D eigenvalue weighted by Gasteiger charge is 2.11. The summed E-state index contributed by atoms with van der Waals surface area (Å²) in [5.74, 6) is 0.655. The lowest BCUT2D eigenvalue weighted by molar-refractivity contribution is 0.318. The van der Waals surface area contributed by atoms with Gasteiger partial charge in [-0.25, -0.2) is 4.39 Å². The fourth-order valence-corrected chi connectivity index (χ4v) is 1.89. The Morgan fingerprint density at radius 3 is 2.43 bits per heavy atom. The molecule has 5 heteroatoms. The van der Waals surface area contributed by atoms with Gasteiger partial charge in [-0.2, -0.15) is 0 Å². The number of benzene rings is 2. The number of amidine groups is 1. The summed E-state index contributed by atoms with van der Waals surface area (Å²) in [5.41, 5.74) is 6.93. The van der Waals surface area contributed by atoms with Crippen molar-refractivity contribution in [3.63, 3.8) is 0 Å². The molecule has 0 heterocycles. The highest BCUT2D eigenvalue weighted by atomic mass is 19.1. The molecule has 0 saturated heterocycles. The summed E-state index contributed by atoms with van der Waals surface area (Å²) in [6, 6.07) is 11.4. The van der Waals surface area contributed by atoms with Crippen LogP contribution in [0.5, 0.6) is 11.5 Å². The summed E-state index contributed by atoms with van der Waals surface area (Å²) in [7, 11) is 0. The smallest absolute Gasteiger partial charge is 0.173 e. The summed E-state index contributed by atoms with van der Waals surface area (Å²) < 4.78 is 19.0. The Labute approximate surface area is 122 Å². The molecule has 2 rings (SSSR count). The van der Waals surface area contributed by atoms with Crippen LogP contribution >= 0.6 is 0 Å². The number of ether oxygens (including phenoxy) is 1. The molecule has 3 N–H and O–H groups in total. The van der Waals surface area contributed by atoms with Crippen LogP contribution < -0.4 is 10.5 Å². The molecule has 0 aliphatic rings. The normalized spacial score (nSPS) is 11.7. The maximum Gasteiger partial charge on any atom is 0.173 e. The monoisotopic (exact) mass is 288 g/mol. The molecular weight excluding hydrogens is 271 g/mol. The number of hydrogen-bond donors (Lipinski definition) is 2. The average molecular weight is 288 g/mol. The van der Waals surface area contributed by atoms with Gasteiger partial charge in [-0.15, -0.1) is 0 Å². The Hall–Kier alpha value is -2.56. The van der Waals surface area contributed by atoms with Crippen LogP contribution in [-0.4, -0.2) is 11.0 Å². The molecule has 0 saturated carbocycles. The van der Waals surface area contributed by atoms with Crippen LogP contribution in [0.25, 0.3) is 0 Å². The quantitative estimate of drug-likeness (QED) is 0.389. The summed E-state index contributed by atoms with van der Waals surface area (Å²) in [5, 5.41) is 11.6. The van der Waals surface area contributed by atoms with E-state index in [1.807, 2.05) is 24.3 Å². The van der Waals surface area contributed by atoms with Gasteiger partial charge < -0.3 is 15.7 Å². The third-order valence-corrected chi connectivity index (χ3v) is 3.10. The van der Waals surface area contributed by atoms with Gasteiger partial charge in [-0.3, -0.25) is 0 Å². The van der Waals surface area contributed by atoms with Crippen LogP contribution in [0.2, 0.25) is 0 Å². The van der Waals surface area contributed by atoms with Gasteiger partial charge in [-0.05, 0) is 41.8 Å².